The van der Waals surface area contributed by atoms with Crippen molar-refractivity contribution >= 4 is 11.8 Å². The summed E-state index contributed by atoms with van der Waals surface area (Å²) in [5.74, 6) is -0.657. The van der Waals surface area contributed by atoms with Crippen molar-refractivity contribution in [1.82, 2.24) is 5.32 Å². The number of nitrogens with one attached hydrogen (secondary N) is 1. The van der Waals surface area contributed by atoms with Crippen molar-refractivity contribution < 1.29 is 9.59 Å². The normalized spacial score (nSPS) is 18.7. The third kappa shape index (κ3) is 3.82. The van der Waals surface area contributed by atoms with Gasteiger partial charge < -0.3 is 16.8 Å². The van der Waals surface area contributed by atoms with Gasteiger partial charge in [-0.1, -0.05) is 49.6 Å². The minimum Gasteiger partial charge on any atom is -0.368 e. The van der Waals surface area contributed by atoms with Gasteiger partial charge in [-0.15, -0.1) is 0 Å². The molecule has 1 aromatic carbocycles. The highest BCUT2D eigenvalue weighted by Crippen LogP contribution is 2.28. The van der Waals surface area contributed by atoms with Crippen molar-refractivity contribution in [2.24, 2.45) is 11.5 Å². The first-order valence-electron chi connectivity index (χ1n) is 7.45. The molecule has 1 fully saturated rings. The highest BCUT2D eigenvalue weighted by Gasteiger charge is 2.39. The van der Waals surface area contributed by atoms with Crippen LogP contribution in [0.1, 0.15) is 50.1 Å². The maximum Gasteiger partial charge on any atom is 0.243 e. The molecule has 0 bridgehead atoms. The maximum absolute atomic E-state index is 12.2. The van der Waals surface area contributed by atoms with Gasteiger partial charge in [0.15, 0.2) is 0 Å². The summed E-state index contributed by atoms with van der Waals surface area (Å²) in [6.07, 6.45) is 4.29. The second kappa shape index (κ2) is 6.72. The van der Waals surface area contributed by atoms with Crippen molar-refractivity contribution in [1.29, 1.82) is 0 Å². The summed E-state index contributed by atoms with van der Waals surface area (Å²) in [5, 5.41) is 2.84. The molecule has 1 aliphatic rings. The number of primary amides is 1. The highest BCUT2D eigenvalue weighted by molar-refractivity contribution is 5.90. The number of hydrogen-bond acceptors (Lipinski definition) is 3. The van der Waals surface area contributed by atoms with E-state index in [0.29, 0.717) is 12.8 Å². The molecular formula is C16H23N3O2. The summed E-state index contributed by atoms with van der Waals surface area (Å²) in [7, 11) is 0. The minimum absolute atomic E-state index is 0.152. The van der Waals surface area contributed by atoms with Crippen LogP contribution in [-0.4, -0.2) is 17.4 Å². The molecule has 0 aliphatic heterocycles. The zero-order chi connectivity index (χ0) is 15.3. The molecule has 1 atom stereocenters. The fraction of sp³-hybridized carbons (Fsp3) is 0.500. The molecule has 0 radical (unpaired) electrons. The Morgan fingerprint density at radius 2 is 1.76 bits per heavy atom. The van der Waals surface area contributed by atoms with E-state index < -0.39 is 11.4 Å². The van der Waals surface area contributed by atoms with Gasteiger partial charge in [0.2, 0.25) is 11.8 Å². The molecule has 1 aromatic rings. The van der Waals surface area contributed by atoms with E-state index in [1.54, 1.807) is 0 Å². The van der Waals surface area contributed by atoms with E-state index in [1.807, 2.05) is 30.3 Å². The Morgan fingerprint density at radius 1 is 1.14 bits per heavy atom. The first kappa shape index (κ1) is 15.5. The zero-order valence-corrected chi connectivity index (χ0v) is 12.2. The summed E-state index contributed by atoms with van der Waals surface area (Å²) < 4.78 is 0. The number of rotatable bonds is 5. The second-order valence-corrected chi connectivity index (χ2v) is 5.78. The van der Waals surface area contributed by atoms with Gasteiger partial charge in [-0.2, -0.15) is 0 Å². The fourth-order valence-corrected chi connectivity index (χ4v) is 2.92. The van der Waals surface area contributed by atoms with Crippen molar-refractivity contribution in [2.75, 3.05) is 0 Å². The molecule has 1 unspecified atom stereocenters. The number of amides is 2. The number of nitrogens with two attached hydrogens (primary N) is 2. The van der Waals surface area contributed by atoms with Crippen LogP contribution in [0.3, 0.4) is 0 Å². The quantitative estimate of drug-likeness (QED) is 0.763. The predicted molar refractivity (Wildman–Crippen MR) is 81.1 cm³/mol. The van der Waals surface area contributed by atoms with E-state index >= 15 is 0 Å². The van der Waals surface area contributed by atoms with E-state index in [2.05, 4.69) is 5.32 Å². The standard InChI is InChI=1S/C16H23N3O2/c17-13(12-7-3-1-4-8-12)11-14(20)19-16(15(18)21)9-5-2-6-10-16/h1,3-4,7-8,13H,2,5-6,9-11,17H2,(H2,18,21)(H,19,20). The summed E-state index contributed by atoms with van der Waals surface area (Å²) in [4.78, 5) is 23.9. The Balaban J connectivity index is 1.98. The number of carbonyl (C=O) groups is 2. The lowest BCUT2D eigenvalue weighted by atomic mass is 9.81. The minimum atomic E-state index is -0.883. The number of benzene rings is 1. The van der Waals surface area contributed by atoms with Crippen molar-refractivity contribution in [3.8, 4) is 0 Å². The van der Waals surface area contributed by atoms with Gasteiger partial charge in [-0.25, -0.2) is 0 Å². The Labute approximate surface area is 125 Å². The number of hydrogen-bond donors (Lipinski definition) is 3. The lowest BCUT2D eigenvalue weighted by Gasteiger charge is -2.35. The molecule has 114 valence electrons. The third-order valence-corrected chi connectivity index (χ3v) is 4.19. The van der Waals surface area contributed by atoms with Gasteiger partial charge in [0.25, 0.3) is 0 Å². The SMILES string of the molecule is NC(=O)C1(NC(=O)CC(N)c2ccccc2)CCCCC1. The molecule has 2 rings (SSSR count). The fourth-order valence-electron chi connectivity index (χ4n) is 2.92. The van der Waals surface area contributed by atoms with Gasteiger partial charge in [0.05, 0.1) is 0 Å². The predicted octanol–water partition coefficient (Wildman–Crippen LogP) is 1.38. The van der Waals surface area contributed by atoms with Crippen molar-refractivity contribution in [3.63, 3.8) is 0 Å². The molecule has 0 saturated heterocycles. The smallest absolute Gasteiger partial charge is 0.243 e. The van der Waals surface area contributed by atoms with Crippen LogP contribution >= 0.6 is 0 Å². The molecule has 5 N–H and O–H groups in total. The topological polar surface area (TPSA) is 98.2 Å². The third-order valence-electron chi connectivity index (χ3n) is 4.19. The molecule has 5 nitrogen and oxygen atoms in total. The molecular weight excluding hydrogens is 266 g/mol. The lowest BCUT2D eigenvalue weighted by Crippen LogP contribution is -2.58. The average Bonchev–Trinajstić information content (AvgIpc) is 2.48. The van der Waals surface area contributed by atoms with Gasteiger partial charge in [0.1, 0.15) is 5.54 Å². The van der Waals surface area contributed by atoms with Crippen LogP contribution in [0, 0.1) is 0 Å². The molecule has 1 aliphatic carbocycles. The van der Waals surface area contributed by atoms with E-state index in [0.717, 1.165) is 24.8 Å². The molecule has 0 spiro atoms. The largest absolute Gasteiger partial charge is 0.368 e. The summed E-state index contributed by atoms with van der Waals surface area (Å²) in [6, 6.07) is 9.09. The van der Waals surface area contributed by atoms with E-state index in [9.17, 15) is 9.59 Å². The Morgan fingerprint density at radius 3 is 2.33 bits per heavy atom. The van der Waals surface area contributed by atoms with Crippen molar-refractivity contribution in [2.45, 2.75) is 50.1 Å². The van der Waals surface area contributed by atoms with Gasteiger partial charge in [-0.3, -0.25) is 9.59 Å². The van der Waals surface area contributed by atoms with E-state index in [-0.39, 0.29) is 18.4 Å². The van der Waals surface area contributed by atoms with Crippen LogP contribution in [0.25, 0.3) is 0 Å². The molecule has 0 heterocycles. The number of carbonyl (C=O) groups excluding carboxylic acids is 2. The Bertz CT molecular complexity index is 496. The van der Waals surface area contributed by atoms with E-state index in [4.69, 9.17) is 11.5 Å². The second-order valence-electron chi connectivity index (χ2n) is 5.78. The summed E-state index contributed by atoms with van der Waals surface area (Å²) in [6.45, 7) is 0. The molecule has 21 heavy (non-hydrogen) atoms. The van der Waals surface area contributed by atoms with Gasteiger partial charge >= 0.3 is 0 Å². The van der Waals surface area contributed by atoms with Crippen LogP contribution in [0.5, 0.6) is 0 Å². The Hall–Kier alpha value is -1.88. The van der Waals surface area contributed by atoms with Crippen molar-refractivity contribution in [3.05, 3.63) is 35.9 Å². The summed E-state index contributed by atoms with van der Waals surface area (Å²) in [5.41, 5.74) is 11.6. The van der Waals surface area contributed by atoms with Crippen LogP contribution in [0.2, 0.25) is 0 Å². The van der Waals surface area contributed by atoms with E-state index in [1.165, 1.54) is 0 Å². The summed E-state index contributed by atoms with van der Waals surface area (Å²) >= 11 is 0. The first-order chi connectivity index (χ1) is 10.0. The van der Waals surface area contributed by atoms with Crippen LogP contribution in [0.4, 0.5) is 0 Å². The molecule has 2 amide bonds. The van der Waals surface area contributed by atoms with Gasteiger partial charge in [-0.05, 0) is 18.4 Å². The molecule has 0 aromatic heterocycles. The average molecular weight is 289 g/mol. The lowest BCUT2D eigenvalue weighted by molar-refractivity contribution is -0.133. The first-order valence-corrected chi connectivity index (χ1v) is 7.45. The monoisotopic (exact) mass is 289 g/mol. The van der Waals surface area contributed by atoms with Gasteiger partial charge in [0, 0.05) is 12.5 Å². The Kier molecular flexibility index (Phi) is 4.96. The maximum atomic E-state index is 12.2. The van der Waals surface area contributed by atoms with Crippen LogP contribution in [-0.2, 0) is 9.59 Å². The zero-order valence-electron chi connectivity index (χ0n) is 12.2. The highest BCUT2D eigenvalue weighted by atomic mass is 16.2. The van der Waals surface area contributed by atoms with Crippen LogP contribution in [0.15, 0.2) is 30.3 Å². The molecule has 1 saturated carbocycles. The van der Waals surface area contributed by atoms with Crippen LogP contribution < -0.4 is 16.8 Å². The molecule has 5 heteroatoms.